The smallest absolute Gasteiger partial charge is 0.116 e. The molecule has 0 radical (unpaired) electrons. The molecule has 17 heavy (non-hydrogen) atoms. The van der Waals surface area contributed by atoms with Crippen molar-refractivity contribution in [2.75, 3.05) is 0 Å². The minimum Gasteiger partial charge on any atom is -0.245 e. The molecule has 0 amide bonds. The van der Waals surface area contributed by atoms with Crippen molar-refractivity contribution in [3.63, 3.8) is 0 Å². The molecule has 0 aliphatic rings. The van der Waals surface area contributed by atoms with E-state index in [9.17, 15) is 0 Å². The average molecular weight is 237 g/mol. The minimum absolute atomic E-state index is 0.983. The molecule has 2 aromatic carbocycles. The van der Waals surface area contributed by atoms with Crippen molar-refractivity contribution < 1.29 is 0 Å². The van der Waals surface area contributed by atoms with Crippen LogP contribution in [0.3, 0.4) is 0 Å². The second-order valence-corrected chi connectivity index (χ2v) is 4.74. The van der Waals surface area contributed by atoms with Crippen molar-refractivity contribution in [1.82, 2.24) is 15.0 Å². The maximum atomic E-state index is 4.34. The molecule has 0 spiro atoms. The lowest BCUT2D eigenvalue weighted by Crippen LogP contribution is -1.83. The summed E-state index contributed by atoms with van der Waals surface area (Å²) in [6.07, 6.45) is 3.46. The van der Waals surface area contributed by atoms with Crippen LogP contribution in [0.5, 0.6) is 0 Å². The Hall–Kier alpha value is -2.07. The molecule has 4 heteroatoms. The summed E-state index contributed by atoms with van der Waals surface area (Å²) >= 11 is 1.67. The maximum Gasteiger partial charge on any atom is 0.116 e. The van der Waals surface area contributed by atoms with Crippen molar-refractivity contribution in [1.29, 1.82) is 0 Å². The Labute approximate surface area is 101 Å². The van der Waals surface area contributed by atoms with Crippen LogP contribution in [-0.4, -0.2) is 15.0 Å². The summed E-state index contributed by atoms with van der Waals surface area (Å²) in [5.41, 5.74) is 3.92. The molecule has 80 valence electrons. The first-order valence-corrected chi connectivity index (χ1v) is 6.16. The standard InChI is InChI=1S/C13H7N3S/c1-4-12-13(17-7-16-12)9-2-3-11-10(8(1)9)5-14-6-15-11/h1-7H. The number of thiazole rings is 1. The zero-order chi connectivity index (χ0) is 11.2. The maximum absolute atomic E-state index is 4.34. The first-order valence-electron chi connectivity index (χ1n) is 5.28. The van der Waals surface area contributed by atoms with Gasteiger partial charge in [-0.25, -0.2) is 15.0 Å². The third-order valence-electron chi connectivity index (χ3n) is 2.98. The van der Waals surface area contributed by atoms with E-state index in [1.54, 1.807) is 17.7 Å². The number of rotatable bonds is 0. The monoisotopic (exact) mass is 237 g/mol. The molecule has 0 saturated carbocycles. The van der Waals surface area contributed by atoms with Crippen LogP contribution in [-0.2, 0) is 0 Å². The van der Waals surface area contributed by atoms with E-state index in [-0.39, 0.29) is 0 Å². The van der Waals surface area contributed by atoms with Crippen molar-refractivity contribution in [2.45, 2.75) is 0 Å². The van der Waals surface area contributed by atoms with Gasteiger partial charge in [-0.1, -0.05) is 12.1 Å². The summed E-state index contributed by atoms with van der Waals surface area (Å²) in [4.78, 5) is 12.7. The second-order valence-electron chi connectivity index (χ2n) is 3.88. The van der Waals surface area contributed by atoms with Gasteiger partial charge in [-0.15, -0.1) is 11.3 Å². The fraction of sp³-hybridized carbons (Fsp3) is 0. The van der Waals surface area contributed by atoms with E-state index in [2.05, 4.69) is 33.2 Å². The molecule has 0 aliphatic carbocycles. The fourth-order valence-corrected chi connectivity index (χ4v) is 3.01. The lowest BCUT2D eigenvalue weighted by molar-refractivity contribution is 1.23. The van der Waals surface area contributed by atoms with Gasteiger partial charge in [0.2, 0.25) is 0 Å². The van der Waals surface area contributed by atoms with Crippen LogP contribution in [0.1, 0.15) is 0 Å². The van der Waals surface area contributed by atoms with Gasteiger partial charge in [0.25, 0.3) is 0 Å². The average Bonchev–Trinajstić information content (AvgIpc) is 2.86. The third-order valence-corrected chi connectivity index (χ3v) is 3.85. The normalized spacial score (nSPS) is 11.5. The molecule has 0 atom stereocenters. The van der Waals surface area contributed by atoms with Crippen LogP contribution in [0.2, 0.25) is 0 Å². The fourth-order valence-electron chi connectivity index (χ4n) is 2.19. The Kier molecular flexibility index (Phi) is 1.70. The minimum atomic E-state index is 0.983. The number of hydrogen-bond donors (Lipinski definition) is 0. The van der Waals surface area contributed by atoms with E-state index in [4.69, 9.17) is 0 Å². The molecule has 4 rings (SSSR count). The molecule has 0 fully saturated rings. The number of hydrogen-bond acceptors (Lipinski definition) is 4. The SMILES string of the molecule is c1ncc2c(ccc3c2ccc2ncsc23)n1. The van der Waals surface area contributed by atoms with Crippen molar-refractivity contribution >= 4 is 43.2 Å². The summed E-state index contributed by atoms with van der Waals surface area (Å²) in [6, 6.07) is 8.31. The molecule has 2 heterocycles. The predicted octanol–water partition coefficient (Wildman–Crippen LogP) is 3.39. The summed E-state index contributed by atoms with van der Waals surface area (Å²) < 4.78 is 1.23. The zero-order valence-electron chi connectivity index (χ0n) is 8.79. The predicted molar refractivity (Wildman–Crippen MR) is 70.2 cm³/mol. The molecular weight excluding hydrogens is 230 g/mol. The van der Waals surface area contributed by atoms with Gasteiger partial charge in [-0.2, -0.15) is 0 Å². The summed E-state index contributed by atoms with van der Waals surface area (Å²) in [5, 5.41) is 3.52. The van der Waals surface area contributed by atoms with Crippen molar-refractivity contribution in [3.05, 3.63) is 42.3 Å². The highest BCUT2D eigenvalue weighted by Gasteiger charge is 2.06. The van der Waals surface area contributed by atoms with Gasteiger partial charge >= 0.3 is 0 Å². The van der Waals surface area contributed by atoms with E-state index < -0.39 is 0 Å². The molecule has 0 unspecified atom stereocenters. The van der Waals surface area contributed by atoms with E-state index >= 15 is 0 Å². The van der Waals surface area contributed by atoms with E-state index in [1.165, 1.54) is 15.5 Å². The van der Waals surface area contributed by atoms with Gasteiger partial charge in [0.1, 0.15) is 6.33 Å². The Morgan fingerprint density at radius 3 is 2.71 bits per heavy atom. The van der Waals surface area contributed by atoms with Crippen LogP contribution < -0.4 is 0 Å². The van der Waals surface area contributed by atoms with Crippen LogP contribution in [0, 0.1) is 0 Å². The van der Waals surface area contributed by atoms with Gasteiger partial charge in [0, 0.05) is 17.0 Å². The first kappa shape index (κ1) is 9.01. The third kappa shape index (κ3) is 1.18. The number of benzene rings is 2. The summed E-state index contributed by atoms with van der Waals surface area (Å²) in [5.74, 6) is 0. The van der Waals surface area contributed by atoms with E-state index in [0.29, 0.717) is 0 Å². The first-order chi connectivity index (χ1) is 8.43. The molecule has 0 aliphatic heterocycles. The van der Waals surface area contributed by atoms with Gasteiger partial charge in [-0.3, -0.25) is 0 Å². The second kappa shape index (κ2) is 3.21. The van der Waals surface area contributed by atoms with Crippen molar-refractivity contribution in [3.8, 4) is 0 Å². The summed E-state index contributed by atoms with van der Waals surface area (Å²) in [7, 11) is 0. The zero-order valence-corrected chi connectivity index (χ0v) is 9.61. The van der Waals surface area contributed by atoms with Gasteiger partial charge in [0.05, 0.1) is 21.2 Å². The largest absolute Gasteiger partial charge is 0.245 e. The molecule has 4 aromatic rings. The van der Waals surface area contributed by atoms with Crippen LogP contribution in [0.25, 0.3) is 31.9 Å². The van der Waals surface area contributed by atoms with Crippen LogP contribution in [0.4, 0.5) is 0 Å². The van der Waals surface area contributed by atoms with Crippen LogP contribution >= 0.6 is 11.3 Å². The Balaban J connectivity index is 2.34. The van der Waals surface area contributed by atoms with E-state index in [1.807, 2.05) is 17.8 Å². The van der Waals surface area contributed by atoms with Gasteiger partial charge in [0.15, 0.2) is 0 Å². The lowest BCUT2D eigenvalue weighted by Gasteiger charge is -2.02. The van der Waals surface area contributed by atoms with E-state index in [0.717, 1.165) is 16.4 Å². The quantitative estimate of drug-likeness (QED) is 0.440. The Morgan fingerprint density at radius 1 is 0.824 bits per heavy atom. The highest BCUT2D eigenvalue weighted by Crippen LogP contribution is 2.31. The van der Waals surface area contributed by atoms with Crippen molar-refractivity contribution in [2.24, 2.45) is 0 Å². The molecule has 0 bridgehead atoms. The van der Waals surface area contributed by atoms with Gasteiger partial charge in [-0.05, 0) is 17.5 Å². The number of aromatic nitrogens is 3. The number of nitrogens with zero attached hydrogens (tertiary/aromatic N) is 3. The topological polar surface area (TPSA) is 38.7 Å². The Bertz CT molecular complexity index is 851. The lowest BCUT2D eigenvalue weighted by atomic mass is 10.1. The highest BCUT2D eigenvalue weighted by atomic mass is 32.1. The molecule has 2 aromatic heterocycles. The summed E-state index contributed by atoms with van der Waals surface area (Å²) in [6.45, 7) is 0. The molecule has 0 saturated heterocycles. The molecular formula is C13H7N3S. The number of fused-ring (bicyclic) bond motifs is 5. The highest BCUT2D eigenvalue weighted by molar-refractivity contribution is 7.17. The van der Waals surface area contributed by atoms with Crippen LogP contribution in [0.15, 0.2) is 42.3 Å². The van der Waals surface area contributed by atoms with Gasteiger partial charge < -0.3 is 0 Å². The Morgan fingerprint density at radius 2 is 1.71 bits per heavy atom. The molecule has 0 N–H and O–H groups in total. The molecule has 3 nitrogen and oxygen atoms in total.